The van der Waals surface area contributed by atoms with E-state index in [1.807, 2.05) is 26.4 Å². The molecule has 27 heavy (non-hydrogen) atoms. The van der Waals surface area contributed by atoms with Crippen LogP contribution in [0.1, 0.15) is 49.5 Å². The maximum absolute atomic E-state index is 6.46. The summed E-state index contributed by atoms with van der Waals surface area (Å²) in [5.41, 5.74) is 1.21. The number of ether oxygens (including phenoxy) is 1. The molecule has 1 aliphatic carbocycles. The fraction of sp³-hybridized carbons (Fsp3) is 0.524. The molecule has 1 aromatic carbocycles. The van der Waals surface area contributed by atoms with Gasteiger partial charge in [-0.3, -0.25) is 4.99 Å². The third-order valence-corrected chi connectivity index (χ3v) is 5.82. The summed E-state index contributed by atoms with van der Waals surface area (Å²) < 4.78 is 8.60. The van der Waals surface area contributed by atoms with E-state index in [4.69, 9.17) is 4.74 Å². The Labute approximate surface area is 161 Å². The lowest BCUT2D eigenvalue weighted by molar-refractivity contribution is 0.0396. The maximum Gasteiger partial charge on any atom is 0.191 e. The highest BCUT2D eigenvalue weighted by atomic mass is 16.5. The first kappa shape index (κ1) is 17.9. The first-order chi connectivity index (χ1) is 13.2. The maximum atomic E-state index is 6.46. The van der Waals surface area contributed by atoms with Crippen LogP contribution in [0.4, 0.5) is 0 Å². The Morgan fingerprint density at radius 3 is 2.89 bits per heavy atom. The largest absolute Gasteiger partial charge is 0.487 e. The number of aryl methyl sites for hydroxylation is 1. The van der Waals surface area contributed by atoms with Gasteiger partial charge in [0.15, 0.2) is 5.96 Å². The molecule has 1 atom stereocenters. The van der Waals surface area contributed by atoms with Gasteiger partial charge in [-0.15, -0.1) is 0 Å². The molecule has 1 saturated carbocycles. The second kappa shape index (κ2) is 7.62. The topological polar surface area (TPSA) is 63.5 Å². The number of imidazole rings is 1. The van der Waals surface area contributed by atoms with E-state index in [0.29, 0.717) is 0 Å². The molecule has 2 N–H and O–H groups in total. The molecule has 4 rings (SSSR count). The highest BCUT2D eigenvalue weighted by Crippen LogP contribution is 2.46. The normalized spacial score (nSPS) is 21.0. The molecular formula is C21H29N5O. The van der Waals surface area contributed by atoms with Crippen molar-refractivity contribution in [3.63, 3.8) is 0 Å². The minimum Gasteiger partial charge on any atom is -0.487 e. The van der Waals surface area contributed by atoms with Crippen LogP contribution in [0.3, 0.4) is 0 Å². The summed E-state index contributed by atoms with van der Waals surface area (Å²) in [4.78, 5) is 8.71. The zero-order valence-electron chi connectivity index (χ0n) is 16.2. The first-order valence-electron chi connectivity index (χ1n) is 9.92. The van der Waals surface area contributed by atoms with Crippen LogP contribution in [0.15, 0.2) is 41.7 Å². The third kappa shape index (κ3) is 3.80. The van der Waals surface area contributed by atoms with Gasteiger partial charge in [-0.2, -0.15) is 0 Å². The van der Waals surface area contributed by atoms with E-state index in [2.05, 4.69) is 49.4 Å². The molecule has 1 fully saturated rings. The van der Waals surface area contributed by atoms with E-state index in [-0.39, 0.29) is 11.6 Å². The summed E-state index contributed by atoms with van der Waals surface area (Å²) in [7, 11) is 1.83. The van der Waals surface area contributed by atoms with Gasteiger partial charge in [0.05, 0.1) is 6.04 Å². The lowest BCUT2D eigenvalue weighted by Gasteiger charge is -2.40. The lowest BCUT2D eigenvalue weighted by atomic mass is 9.86. The van der Waals surface area contributed by atoms with E-state index in [0.717, 1.165) is 49.9 Å². The second-order valence-electron chi connectivity index (χ2n) is 7.60. The van der Waals surface area contributed by atoms with Crippen LogP contribution in [-0.2, 0) is 6.54 Å². The molecule has 1 aromatic heterocycles. The molecule has 6 nitrogen and oxygen atoms in total. The van der Waals surface area contributed by atoms with Crippen molar-refractivity contribution in [1.82, 2.24) is 20.2 Å². The van der Waals surface area contributed by atoms with Gasteiger partial charge in [0.25, 0.3) is 0 Å². The number of fused-ring (bicyclic) bond motifs is 1. The Bertz CT molecular complexity index is 806. The van der Waals surface area contributed by atoms with Gasteiger partial charge in [0.1, 0.15) is 17.2 Å². The van der Waals surface area contributed by atoms with Crippen molar-refractivity contribution in [3.05, 3.63) is 48.0 Å². The lowest BCUT2D eigenvalue weighted by Crippen LogP contribution is -2.47. The molecule has 1 spiro atoms. The van der Waals surface area contributed by atoms with Gasteiger partial charge in [0, 0.05) is 44.5 Å². The van der Waals surface area contributed by atoms with E-state index in [1.165, 1.54) is 18.4 Å². The number of aromatic nitrogens is 2. The zero-order valence-corrected chi connectivity index (χ0v) is 16.2. The molecule has 2 aromatic rings. The van der Waals surface area contributed by atoms with Gasteiger partial charge in [-0.05, 0) is 38.7 Å². The van der Waals surface area contributed by atoms with Crippen molar-refractivity contribution < 1.29 is 4.74 Å². The Morgan fingerprint density at radius 1 is 1.33 bits per heavy atom. The highest BCUT2D eigenvalue weighted by Gasteiger charge is 2.43. The molecule has 0 bridgehead atoms. The molecule has 144 valence electrons. The van der Waals surface area contributed by atoms with Crippen LogP contribution in [0.25, 0.3) is 0 Å². The van der Waals surface area contributed by atoms with Crippen LogP contribution >= 0.6 is 0 Å². The fourth-order valence-corrected chi connectivity index (χ4v) is 4.37. The smallest absolute Gasteiger partial charge is 0.191 e. The summed E-state index contributed by atoms with van der Waals surface area (Å²) in [5.74, 6) is 2.89. The van der Waals surface area contributed by atoms with Crippen LogP contribution in [0, 0.1) is 6.92 Å². The average Bonchev–Trinajstić information content (AvgIpc) is 3.30. The van der Waals surface area contributed by atoms with Crippen LogP contribution in [0.5, 0.6) is 5.75 Å². The minimum atomic E-state index is -0.0151. The Balaban J connectivity index is 1.44. The summed E-state index contributed by atoms with van der Waals surface area (Å²) in [6.07, 6.45) is 9.63. The molecule has 2 heterocycles. The number of benzene rings is 1. The summed E-state index contributed by atoms with van der Waals surface area (Å²) in [6, 6.07) is 8.62. The molecule has 1 unspecified atom stereocenters. The summed E-state index contributed by atoms with van der Waals surface area (Å²) in [5, 5.41) is 7.08. The quantitative estimate of drug-likeness (QED) is 0.643. The van der Waals surface area contributed by atoms with Crippen LogP contribution < -0.4 is 15.4 Å². The third-order valence-electron chi connectivity index (χ3n) is 5.82. The van der Waals surface area contributed by atoms with Crippen LogP contribution in [-0.4, -0.2) is 34.7 Å². The number of hydrogen-bond donors (Lipinski definition) is 2. The second-order valence-corrected chi connectivity index (χ2v) is 7.60. The number of nitrogens with one attached hydrogen (secondary N) is 2. The van der Waals surface area contributed by atoms with Gasteiger partial charge in [0.2, 0.25) is 0 Å². The van der Waals surface area contributed by atoms with Crippen molar-refractivity contribution >= 4 is 5.96 Å². The van der Waals surface area contributed by atoms with Gasteiger partial charge >= 0.3 is 0 Å². The molecule has 6 heteroatoms. The van der Waals surface area contributed by atoms with E-state index >= 15 is 0 Å². The van der Waals surface area contributed by atoms with Crippen LogP contribution in [0.2, 0.25) is 0 Å². The monoisotopic (exact) mass is 367 g/mol. The number of para-hydroxylation sites is 1. The number of aliphatic imine (C=N–C) groups is 1. The number of guanidine groups is 1. The van der Waals surface area contributed by atoms with E-state index in [9.17, 15) is 0 Å². The molecular weight excluding hydrogens is 338 g/mol. The van der Waals surface area contributed by atoms with Crippen molar-refractivity contribution in [2.75, 3.05) is 13.6 Å². The first-order valence-corrected chi connectivity index (χ1v) is 9.92. The predicted octanol–water partition coefficient (Wildman–Crippen LogP) is 3.19. The van der Waals surface area contributed by atoms with Gasteiger partial charge in [-0.25, -0.2) is 4.98 Å². The fourth-order valence-electron chi connectivity index (χ4n) is 4.37. The number of rotatable bonds is 4. The minimum absolute atomic E-state index is 0.0151. The Kier molecular flexibility index (Phi) is 5.05. The zero-order chi connectivity index (χ0) is 18.7. The van der Waals surface area contributed by atoms with E-state index < -0.39 is 0 Å². The predicted molar refractivity (Wildman–Crippen MR) is 107 cm³/mol. The summed E-state index contributed by atoms with van der Waals surface area (Å²) in [6.45, 7) is 3.68. The highest BCUT2D eigenvalue weighted by molar-refractivity contribution is 5.80. The number of nitrogens with zero attached hydrogens (tertiary/aromatic N) is 3. The summed E-state index contributed by atoms with van der Waals surface area (Å²) >= 11 is 0. The molecule has 0 radical (unpaired) electrons. The SMILES string of the molecule is CN=C(NCCn1ccnc1C)NC1CC2(CCCC2)Oc2ccccc21. The van der Waals surface area contributed by atoms with Gasteiger partial charge < -0.3 is 19.9 Å². The van der Waals surface area contributed by atoms with Crippen molar-refractivity contribution in [3.8, 4) is 5.75 Å². The molecule has 2 aliphatic rings. The van der Waals surface area contributed by atoms with E-state index in [1.54, 1.807) is 0 Å². The molecule has 1 aliphatic heterocycles. The Morgan fingerprint density at radius 2 is 2.15 bits per heavy atom. The van der Waals surface area contributed by atoms with Gasteiger partial charge in [-0.1, -0.05) is 18.2 Å². The number of hydrogen-bond acceptors (Lipinski definition) is 3. The molecule has 0 saturated heterocycles. The average molecular weight is 367 g/mol. The van der Waals surface area contributed by atoms with Crippen molar-refractivity contribution in [1.29, 1.82) is 0 Å². The van der Waals surface area contributed by atoms with Crippen molar-refractivity contribution in [2.45, 2.75) is 57.2 Å². The van der Waals surface area contributed by atoms with Crippen molar-refractivity contribution in [2.24, 2.45) is 4.99 Å². The standard InChI is InChI=1S/C21H29N5O/c1-16-23-11-13-26(16)14-12-24-20(22-2)25-18-15-21(9-5-6-10-21)27-19-8-4-3-7-17(18)19/h3-4,7-8,11,13,18H,5-6,9-10,12,14-15H2,1-2H3,(H2,22,24,25). The molecule has 0 amide bonds. The Hall–Kier alpha value is -2.50.